The minimum absolute atomic E-state index is 0.0562. The normalized spacial score (nSPS) is 15.1. The third-order valence-electron chi connectivity index (χ3n) is 7.15. The molecule has 3 aromatic heterocycles. The number of aromatic nitrogens is 4. The molecule has 7 nitrogen and oxygen atoms in total. The summed E-state index contributed by atoms with van der Waals surface area (Å²) in [5.41, 5.74) is 6.88. The average molecular weight is 478 g/mol. The number of amides is 1. The van der Waals surface area contributed by atoms with Crippen molar-refractivity contribution in [2.24, 2.45) is 0 Å². The number of carbonyl (C=O) groups excluding carboxylic acids is 1. The van der Waals surface area contributed by atoms with Crippen molar-refractivity contribution in [3.05, 3.63) is 99.2 Å². The molecule has 1 unspecified atom stereocenters. The second-order valence-corrected chi connectivity index (χ2v) is 9.84. The Kier molecular flexibility index (Phi) is 5.21. The molecule has 7 heteroatoms. The van der Waals surface area contributed by atoms with Crippen LogP contribution < -0.4 is 10.9 Å². The second-order valence-electron chi connectivity index (χ2n) is 9.84. The number of benzene rings is 2. The van der Waals surface area contributed by atoms with Crippen molar-refractivity contribution < 1.29 is 4.79 Å². The fourth-order valence-electron chi connectivity index (χ4n) is 5.34. The predicted molar refractivity (Wildman–Crippen MR) is 140 cm³/mol. The van der Waals surface area contributed by atoms with Crippen molar-refractivity contribution in [3.8, 4) is 11.3 Å². The maximum absolute atomic E-state index is 13.4. The van der Waals surface area contributed by atoms with Gasteiger partial charge in [-0.25, -0.2) is 4.52 Å². The van der Waals surface area contributed by atoms with E-state index in [2.05, 4.69) is 32.5 Å². The summed E-state index contributed by atoms with van der Waals surface area (Å²) < 4.78 is 1.54. The van der Waals surface area contributed by atoms with Crippen LogP contribution in [0.2, 0.25) is 0 Å². The largest absolute Gasteiger partial charge is 0.344 e. The number of fused-ring (bicyclic) bond motifs is 3. The van der Waals surface area contributed by atoms with Crippen LogP contribution in [-0.4, -0.2) is 25.5 Å². The molecule has 0 bridgehead atoms. The van der Waals surface area contributed by atoms with Gasteiger partial charge in [-0.05, 0) is 54.5 Å². The summed E-state index contributed by atoms with van der Waals surface area (Å²) in [6, 6.07) is 16.1. The third kappa shape index (κ3) is 3.59. The summed E-state index contributed by atoms with van der Waals surface area (Å²) in [6.07, 6.45) is 5.31. The number of hydrogen-bond acceptors (Lipinski definition) is 4. The van der Waals surface area contributed by atoms with Crippen LogP contribution in [0.4, 0.5) is 0 Å². The molecule has 2 aromatic carbocycles. The Bertz CT molecular complexity index is 1710. The molecule has 1 aliphatic rings. The minimum atomic E-state index is -0.279. The van der Waals surface area contributed by atoms with Crippen molar-refractivity contribution in [1.82, 2.24) is 24.9 Å². The van der Waals surface area contributed by atoms with Gasteiger partial charge in [0.2, 0.25) is 0 Å². The van der Waals surface area contributed by atoms with Gasteiger partial charge < -0.3 is 10.3 Å². The Morgan fingerprint density at radius 2 is 2.00 bits per heavy atom. The topological polar surface area (TPSA) is 92.2 Å². The molecule has 0 fully saturated rings. The highest BCUT2D eigenvalue weighted by Gasteiger charge is 2.28. The van der Waals surface area contributed by atoms with E-state index in [1.807, 2.05) is 57.2 Å². The van der Waals surface area contributed by atoms with Gasteiger partial charge in [-0.15, -0.1) is 0 Å². The molecule has 3 heterocycles. The number of rotatable bonds is 4. The van der Waals surface area contributed by atoms with E-state index in [1.54, 1.807) is 16.9 Å². The maximum atomic E-state index is 13.4. The molecular weight excluding hydrogens is 450 g/mol. The fourth-order valence-corrected chi connectivity index (χ4v) is 5.34. The van der Waals surface area contributed by atoms with Crippen LogP contribution in [0.3, 0.4) is 0 Å². The number of aryl methyl sites for hydroxylation is 2. The van der Waals surface area contributed by atoms with E-state index < -0.39 is 0 Å². The van der Waals surface area contributed by atoms with Gasteiger partial charge in [0.1, 0.15) is 5.52 Å². The molecule has 5 aromatic rings. The van der Waals surface area contributed by atoms with Crippen molar-refractivity contribution >= 4 is 22.3 Å². The van der Waals surface area contributed by atoms with Crippen molar-refractivity contribution in [1.29, 1.82) is 0 Å². The lowest BCUT2D eigenvalue weighted by atomic mass is 10.0. The second kappa shape index (κ2) is 8.45. The smallest absolute Gasteiger partial charge is 0.274 e. The Morgan fingerprint density at radius 3 is 2.83 bits per heavy atom. The zero-order valence-electron chi connectivity index (χ0n) is 20.5. The Balaban J connectivity index is 1.43. The quantitative estimate of drug-likeness (QED) is 0.377. The summed E-state index contributed by atoms with van der Waals surface area (Å²) in [5, 5.41) is 8.81. The fraction of sp³-hybridized carbons (Fsp3) is 0.241. The SMILES string of the molecule is Cc1cccc2ncc(-c3cn4nc(C(=O)NC5CCc6ccccc65)c(C(C)C)c4c(=O)[nH]3)cc12. The van der Waals surface area contributed by atoms with Crippen molar-refractivity contribution in [2.45, 2.75) is 45.6 Å². The van der Waals surface area contributed by atoms with E-state index in [4.69, 9.17) is 0 Å². The van der Waals surface area contributed by atoms with Gasteiger partial charge in [-0.1, -0.05) is 50.2 Å². The molecule has 2 N–H and O–H groups in total. The summed E-state index contributed by atoms with van der Waals surface area (Å²) in [4.78, 5) is 34.3. The lowest BCUT2D eigenvalue weighted by molar-refractivity contribution is 0.0930. The van der Waals surface area contributed by atoms with Gasteiger partial charge in [0.25, 0.3) is 11.5 Å². The lowest BCUT2D eigenvalue weighted by Crippen LogP contribution is -2.28. The summed E-state index contributed by atoms with van der Waals surface area (Å²) in [6.45, 7) is 5.99. The molecule has 6 rings (SSSR count). The number of H-pyrrole nitrogens is 1. The molecule has 0 spiro atoms. The van der Waals surface area contributed by atoms with E-state index >= 15 is 0 Å². The van der Waals surface area contributed by atoms with Gasteiger partial charge in [0.05, 0.1) is 23.4 Å². The highest BCUT2D eigenvalue weighted by Crippen LogP contribution is 2.32. The molecule has 1 atom stereocenters. The van der Waals surface area contributed by atoms with Gasteiger partial charge in [-0.3, -0.25) is 14.6 Å². The third-order valence-corrected chi connectivity index (χ3v) is 7.15. The van der Waals surface area contributed by atoms with E-state index in [1.165, 1.54) is 5.56 Å². The summed E-state index contributed by atoms with van der Waals surface area (Å²) in [7, 11) is 0. The number of pyridine rings is 1. The van der Waals surface area contributed by atoms with Crippen LogP contribution in [0.5, 0.6) is 0 Å². The van der Waals surface area contributed by atoms with Gasteiger partial charge >= 0.3 is 0 Å². The molecule has 0 radical (unpaired) electrons. The molecular formula is C29H27N5O2. The highest BCUT2D eigenvalue weighted by molar-refractivity contribution is 5.96. The summed E-state index contributed by atoms with van der Waals surface area (Å²) in [5.74, 6) is -0.316. The number of aromatic amines is 1. The molecule has 0 saturated carbocycles. The van der Waals surface area contributed by atoms with Crippen LogP contribution in [0.15, 0.2) is 65.7 Å². The first-order chi connectivity index (χ1) is 17.4. The number of carbonyl (C=O) groups is 1. The van der Waals surface area contributed by atoms with Crippen molar-refractivity contribution in [2.75, 3.05) is 0 Å². The van der Waals surface area contributed by atoms with E-state index in [0.29, 0.717) is 22.5 Å². The highest BCUT2D eigenvalue weighted by atomic mass is 16.2. The average Bonchev–Trinajstić information content (AvgIpc) is 3.46. The van der Waals surface area contributed by atoms with Crippen LogP contribution in [-0.2, 0) is 6.42 Å². The van der Waals surface area contributed by atoms with Crippen LogP contribution in [0.25, 0.3) is 27.7 Å². The Morgan fingerprint density at radius 1 is 1.17 bits per heavy atom. The molecule has 0 saturated heterocycles. The molecule has 1 aliphatic carbocycles. The first-order valence-electron chi connectivity index (χ1n) is 12.3. The standard InChI is InChI=1S/C29H27N5O2/c1-16(2)25-26(28(35)31-23-12-11-18-8-4-5-9-20(18)23)33-34-15-24(32-29(36)27(25)34)19-13-21-17(3)7-6-10-22(21)30-14-19/h4-10,13-16,23H,11-12H2,1-3H3,(H,31,35)(H,32,36). The van der Waals surface area contributed by atoms with Crippen molar-refractivity contribution in [3.63, 3.8) is 0 Å². The lowest BCUT2D eigenvalue weighted by Gasteiger charge is -2.14. The Hall–Kier alpha value is -4.26. The number of hydrogen-bond donors (Lipinski definition) is 2. The first-order valence-corrected chi connectivity index (χ1v) is 12.3. The van der Waals surface area contributed by atoms with Gasteiger partial charge in [0, 0.05) is 22.7 Å². The zero-order chi connectivity index (χ0) is 25.0. The molecule has 0 aliphatic heterocycles. The summed E-state index contributed by atoms with van der Waals surface area (Å²) >= 11 is 0. The van der Waals surface area contributed by atoms with E-state index in [-0.39, 0.29) is 23.4 Å². The molecule has 1 amide bonds. The van der Waals surface area contributed by atoms with E-state index in [9.17, 15) is 9.59 Å². The van der Waals surface area contributed by atoms with Crippen LogP contribution >= 0.6 is 0 Å². The molecule has 180 valence electrons. The molecule has 36 heavy (non-hydrogen) atoms. The maximum Gasteiger partial charge on any atom is 0.274 e. The van der Waals surface area contributed by atoms with E-state index in [0.717, 1.165) is 40.4 Å². The first kappa shape index (κ1) is 22.2. The monoisotopic (exact) mass is 477 g/mol. The predicted octanol–water partition coefficient (Wildman–Crippen LogP) is 5.09. The number of nitrogens with one attached hydrogen (secondary N) is 2. The van der Waals surface area contributed by atoms with Crippen LogP contribution in [0, 0.1) is 6.92 Å². The van der Waals surface area contributed by atoms with Gasteiger partial charge in [-0.2, -0.15) is 5.10 Å². The zero-order valence-corrected chi connectivity index (χ0v) is 20.5. The number of nitrogens with zero attached hydrogens (tertiary/aromatic N) is 3. The van der Waals surface area contributed by atoms with Gasteiger partial charge in [0.15, 0.2) is 5.69 Å². The Labute approximate surface area is 208 Å². The minimum Gasteiger partial charge on any atom is -0.344 e. The van der Waals surface area contributed by atoms with Crippen LogP contribution in [0.1, 0.15) is 65.0 Å².